The van der Waals surface area contributed by atoms with Gasteiger partial charge >= 0.3 is 17.8 Å². The van der Waals surface area contributed by atoms with Crippen LogP contribution in [0.4, 0.5) is 4.79 Å². The molecule has 0 radical (unpaired) electrons. The van der Waals surface area contributed by atoms with Gasteiger partial charge in [-0.3, -0.25) is 19.3 Å². The molecule has 5 amide bonds. The van der Waals surface area contributed by atoms with Crippen LogP contribution in [0, 0.1) is 0 Å². The fraction of sp³-hybridized carbons (Fsp3) is 0.360. The van der Waals surface area contributed by atoms with Crippen LogP contribution < -0.4 is 5.32 Å². The molecular weight excluding hydrogens is 452 g/mol. The van der Waals surface area contributed by atoms with Crippen LogP contribution in [-0.2, 0) is 14.4 Å². The molecule has 1 unspecified atom stereocenters. The number of nitrogens with one attached hydrogen (secondary N) is 1. The Bertz CT molecular complexity index is 1050. The van der Waals surface area contributed by atoms with Crippen molar-refractivity contribution in [3.8, 4) is 0 Å². The predicted octanol–water partition coefficient (Wildman–Crippen LogP) is 2.44. The highest BCUT2D eigenvalue weighted by molar-refractivity contribution is 7.99. The van der Waals surface area contributed by atoms with Gasteiger partial charge in [0.05, 0.1) is 6.04 Å². The lowest BCUT2D eigenvalue weighted by molar-refractivity contribution is -0.153. The fourth-order valence-electron chi connectivity index (χ4n) is 4.29. The number of amides is 5. The topological polar surface area (TPSA) is 90.0 Å². The molecule has 0 saturated carbocycles. The van der Waals surface area contributed by atoms with Crippen molar-refractivity contribution in [3.63, 3.8) is 0 Å². The smallest absolute Gasteiger partial charge is 0.325 e. The van der Waals surface area contributed by atoms with E-state index in [2.05, 4.69) is 5.32 Å². The van der Waals surface area contributed by atoms with E-state index in [1.165, 1.54) is 4.90 Å². The predicted molar refractivity (Wildman–Crippen MR) is 130 cm³/mol. The van der Waals surface area contributed by atoms with Gasteiger partial charge in [0.25, 0.3) is 0 Å². The van der Waals surface area contributed by atoms with Crippen LogP contribution in [0.15, 0.2) is 60.7 Å². The molecule has 2 heterocycles. The van der Waals surface area contributed by atoms with Crippen molar-refractivity contribution in [1.82, 2.24) is 20.0 Å². The number of piperazine rings is 1. The summed E-state index contributed by atoms with van der Waals surface area (Å²) in [6, 6.07) is 17.0. The lowest BCUT2D eigenvalue weighted by atomic mass is 10.0. The summed E-state index contributed by atoms with van der Waals surface area (Å²) in [5.41, 5.74) is 1.66. The van der Waals surface area contributed by atoms with E-state index in [0.717, 1.165) is 22.0 Å². The first-order valence-electron chi connectivity index (χ1n) is 11.4. The number of nitrogens with zero attached hydrogens (tertiary/aromatic N) is 3. The average molecular weight is 481 g/mol. The average Bonchev–Trinajstić information content (AvgIpc) is 2.89. The summed E-state index contributed by atoms with van der Waals surface area (Å²) >= 11 is 1.79. The van der Waals surface area contributed by atoms with Crippen molar-refractivity contribution in [2.24, 2.45) is 0 Å². The van der Waals surface area contributed by atoms with Gasteiger partial charge in [-0.05, 0) is 18.1 Å². The maximum absolute atomic E-state index is 13.9. The molecule has 0 bridgehead atoms. The molecule has 8 nitrogen and oxygen atoms in total. The minimum absolute atomic E-state index is 0.0902. The molecule has 9 heteroatoms. The van der Waals surface area contributed by atoms with Crippen molar-refractivity contribution in [1.29, 1.82) is 0 Å². The van der Waals surface area contributed by atoms with Gasteiger partial charge in [0.15, 0.2) is 0 Å². The lowest BCUT2D eigenvalue weighted by Crippen LogP contribution is -2.59. The molecule has 2 fully saturated rings. The Balaban J connectivity index is 1.59. The third-order valence-electron chi connectivity index (χ3n) is 6.18. The highest BCUT2D eigenvalue weighted by atomic mass is 32.2. The lowest BCUT2D eigenvalue weighted by Gasteiger charge is -2.38. The van der Waals surface area contributed by atoms with Gasteiger partial charge in [0.2, 0.25) is 5.91 Å². The van der Waals surface area contributed by atoms with E-state index in [0.29, 0.717) is 18.7 Å². The van der Waals surface area contributed by atoms with E-state index < -0.39 is 23.9 Å². The summed E-state index contributed by atoms with van der Waals surface area (Å²) < 4.78 is 0. The van der Waals surface area contributed by atoms with E-state index in [9.17, 15) is 19.2 Å². The second kappa shape index (κ2) is 10.7. The van der Waals surface area contributed by atoms with Crippen molar-refractivity contribution in [2.45, 2.75) is 19.0 Å². The normalized spacial score (nSPS) is 19.7. The van der Waals surface area contributed by atoms with Crippen LogP contribution in [-0.4, -0.2) is 76.1 Å². The van der Waals surface area contributed by atoms with Crippen molar-refractivity contribution < 1.29 is 19.2 Å². The Labute approximate surface area is 203 Å². The number of urea groups is 1. The third-order valence-corrected chi connectivity index (χ3v) is 7.20. The Morgan fingerprint density at radius 1 is 0.971 bits per heavy atom. The molecule has 178 valence electrons. The van der Waals surface area contributed by atoms with Gasteiger partial charge in [0, 0.05) is 37.7 Å². The van der Waals surface area contributed by atoms with E-state index in [1.807, 2.05) is 41.3 Å². The Morgan fingerprint density at radius 3 is 2.32 bits per heavy atom. The molecule has 2 aromatic rings. The SMILES string of the molecule is CCN1CCN(C(=O)N[C@@H](C(=O)N2CCSCC2c2ccccc2)c2ccccc2)C(=O)C1=O. The van der Waals surface area contributed by atoms with Crippen LogP contribution in [0.2, 0.25) is 0 Å². The van der Waals surface area contributed by atoms with Gasteiger partial charge in [-0.15, -0.1) is 0 Å². The maximum atomic E-state index is 13.9. The monoisotopic (exact) mass is 480 g/mol. The molecule has 2 aromatic carbocycles. The zero-order chi connectivity index (χ0) is 24.1. The largest absolute Gasteiger partial charge is 0.333 e. The highest BCUT2D eigenvalue weighted by Crippen LogP contribution is 2.32. The van der Waals surface area contributed by atoms with Crippen molar-refractivity contribution in [2.75, 3.05) is 37.7 Å². The molecule has 0 aliphatic carbocycles. The minimum Gasteiger partial charge on any atom is -0.333 e. The fourth-order valence-corrected chi connectivity index (χ4v) is 5.38. The molecule has 4 rings (SSSR count). The Kier molecular flexibility index (Phi) is 7.52. The number of hydrogen-bond acceptors (Lipinski definition) is 5. The van der Waals surface area contributed by atoms with E-state index in [4.69, 9.17) is 0 Å². The number of carbonyl (C=O) groups excluding carboxylic acids is 4. The van der Waals surface area contributed by atoms with Gasteiger partial charge in [-0.2, -0.15) is 11.8 Å². The summed E-state index contributed by atoms with van der Waals surface area (Å²) in [5.74, 6) is -0.252. The number of imide groups is 1. The highest BCUT2D eigenvalue weighted by Gasteiger charge is 2.39. The quantitative estimate of drug-likeness (QED) is 0.664. The zero-order valence-electron chi connectivity index (χ0n) is 19.1. The van der Waals surface area contributed by atoms with Crippen LogP contribution in [0.25, 0.3) is 0 Å². The molecule has 2 aliphatic heterocycles. The van der Waals surface area contributed by atoms with Gasteiger partial charge in [0.1, 0.15) is 6.04 Å². The summed E-state index contributed by atoms with van der Waals surface area (Å²) in [5, 5.41) is 2.75. The molecule has 2 aliphatic rings. The molecular formula is C25H28N4O4S. The van der Waals surface area contributed by atoms with Crippen molar-refractivity contribution >= 4 is 35.5 Å². The van der Waals surface area contributed by atoms with Crippen LogP contribution >= 0.6 is 11.8 Å². The second-order valence-electron chi connectivity index (χ2n) is 8.17. The number of likely N-dealkylation sites (N-methyl/N-ethyl adjacent to an activating group) is 1. The first-order valence-corrected chi connectivity index (χ1v) is 12.6. The maximum Gasteiger partial charge on any atom is 0.325 e. The molecule has 2 saturated heterocycles. The van der Waals surface area contributed by atoms with Gasteiger partial charge in [-0.1, -0.05) is 60.7 Å². The standard InChI is InChI=1S/C25H28N4O4S/c1-2-27-13-14-29(24(32)23(27)31)25(33)26-21(19-11-7-4-8-12-19)22(30)28-15-16-34-17-20(28)18-9-5-3-6-10-18/h3-12,20-21H,2,13-17H2,1H3,(H,26,33)/t20?,21-/m1/s1. The van der Waals surface area contributed by atoms with Gasteiger partial charge in [-0.25, -0.2) is 4.79 Å². The Morgan fingerprint density at radius 2 is 1.65 bits per heavy atom. The third kappa shape index (κ3) is 4.94. The molecule has 2 atom stereocenters. The van der Waals surface area contributed by atoms with E-state index in [-0.39, 0.29) is 25.0 Å². The Hall–Kier alpha value is -3.33. The molecule has 1 N–H and O–H groups in total. The van der Waals surface area contributed by atoms with Crippen LogP contribution in [0.5, 0.6) is 0 Å². The van der Waals surface area contributed by atoms with Crippen molar-refractivity contribution in [3.05, 3.63) is 71.8 Å². The number of rotatable bonds is 5. The van der Waals surface area contributed by atoms with E-state index >= 15 is 0 Å². The van der Waals surface area contributed by atoms with Crippen LogP contribution in [0.3, 0.4) is 0 Å². The molecule has 0 spiro atoms. The number of carbonyl (C=O) groups is 4. The zero-order valence-corrected chi connectivity index (χ0v) is 19.9. The summed E-state index contributed by atoms with van der Waals surface area (Å²) in [6.45, 7) is 3.10. The number of benzene rings is 2. The number of thioether (sulfide) groups is 1. The second-order valence-corrected chi connectivity index (χ2v) is 9.32. The first kappa shape index (κ1) is 23.8. The minimum atomic E-state index is -0.977. The van der Waals surface area contributed by atoms with Crippen LogP contribution in [0.1, 0.15) is 30.1 Å². The summed E-state index contributed by atoms with van der Waals surface area (Å²) in [6.07, 6.45) is 0. The first-order chi connectivity index (χ1) is 16.5. The molecule has 0 aromatic heterocycles. The van der Waals surface area contributed by atoms with Gasteiger partial charge < -0.3 is 15.1 Å². The summed E-state index contributed by atoms with van der Waals surface area (Å²) in [7, 11) is 0. The number of hydrogen-bond donors (Lipinski definition) is 1. The van der Waals surface area contributed by atoms with E-state index in [1.54, 1.807) is 43.0 Å². The molecule has 34 heavy (non-hydrogen) atoms. The summed E-state index contributed by atoms with van der Waals surface area (Å²) in [4.78, 5) is 55.9.